The minimum absolute atomic E-state index is 0.00693. The summed E-state index contributed by atoms with van der Waals surface area (Å²) in [5.74, 6) is -0.871. The number of benzene rings is 1. The second kappa shape index (κ2) is 5.66. The van der Waals surface area contributed by atoms with Crippen LogP contribution in [0.4, 0.5) is 5.69 Å². The smallest absolute Gasteiger partial charge is 0.242 e. The number of halogens is 1. The van der Waals surface area contributed by atoms with Crippen LogP contribution >= 0.6 is 15.9 Å². The zero-order valence-corrected chi connectivity index (χ0v) is 10.8. The number of nitriles is 1. The molecule has 0 aliphatic carbocycles. The van der Waals surface area contributed by atoms with Gasteiger partial charge in [-0.25, -0.2) is 0 Å². The molecule has 0 radical (unpaired) electrons. The monoisotopic (exact) mass is 280 g/mol. The van der Waals surface area contributed by atoms with Crippen LogP contribution in [-0.4, -0.2) is 5.91 Å². The molecule has 0 fully saturated rings. The zero-order valence-electron chi connectivity index (χ0n) is 9.20. The van der Waals surface area contributed by atoms with Crippen LogP contribution in [0.3, 0.4) is 0 Å². The highest BCUT2D eigenvalue weighted by Crippen LogP contribution is 2.22. The van der Waals surface area contributed by atoms with Crippen molar-refractivity contribution in [3.63, 3.8) is 0 Å². The van der Waals surface area contributed by atoms with Gasteiger partial charge in [0.25, 0.3) is 0 Å². The number of amides is 1. The van der Waals surface area contributed by atoms with Crippen molar-refractivity contribution in [2.45, 2.75) is 13.8 Å². The maximum absolute atomic E-state index is 11.8. The average molecular weight is 281 g/mol. The molecule has 1 aromatic rings. The summed E-state index contributed by atoms with van der Waals surface area (Å²) in [5.41, 5.74) is 0.688. The van der Waals surface area contributed by atoms with Crippen molar-refractivity contribution < 1.29 is 4.79 Å². The normalized spacial score (nSPS) is 11.9. The molecule has 16 heavy (non-hydrogen) atoms. The Labute approximate surface area is 104 Å². The molecule has 0 aliphatic heterocycles. The molecule has 84 valence electrons. The first-order chi connectivity index (χ1) is 7.56. The van der Waals surface area contributed by atoms with Gasteiger partial charge in [-0.15, -0.1) is 0 Å². The Balaban J connectivity index is 2.79. The Morgan fingerprint density at radius 3 is 2.56 bits per heavy atom. The topological polar surface area (TPSA) is 52.9 Å². The summed E-state index contributed by atoms with van der Waals surface area (Å²) >= 11 is 3.34. The maximum Gasteiger partial charge on any atom is 0.242 e. The van der Waals surface area contributed by atoms with Gasteiger partial charge in [0.2, 0.25) is 5.91 Å². The zero-order chi connectivity index (χ0) is 12.1. The van der Waals surface area contributed by atoms with E-state index in [1.165, 1.54) is 0 Å². The molecule has 1 N–H and O–H groups in total. The number of anilines is 1. The van der Waals surface area contributed by atoms with Gasteiger partial charge < -0.3 is 5.32 Å². The molecule has 1 aromatic carbocycles. The minimum Gasteiger partial charge on any atom is -0.324 e. The van der Waals surface area contributed by atoms with Gasteiger partial charge in [-0.1, -0.05) is 26.0 Å². The highest BCUT2D eigenvalue weighted by atomic mass is 79.9. The first-order valence-electron chi connectivity index (χ1n) is 5.01. The largest absolute Gasteiger partial charge is 0.324 e. The van der Waals surface area contributed by atoms with E-state index in [-0.39, 0.29) is 11.8 Å². The molecular weight excluding hydrogens is 268 g/mol. The number of carbonyl (C=O) groups excluding carboxylic acids is 1. The lowest BCUT2D eigenvalue weighted by Crippen LogP contribution is -2.25. The van der Waals surface area contributed by atoms with E-state index >= 15 is 0 Å². The van der Waals surface area contributed by atoms with Crippen molar-refractivity contribution in [1.29, 1.82) is 5.26 Å². The third-order valence-corrected chi connectivity index (χ3v) is 2.91. The molecule has 1 atom stereocenters. The van der Waals surface area contributed by atoms with Crippen LogP contribution in [0.15, 0.2) is 28.7 Å². The molecule has 4 heteroatoms. The van der Waals surface area contributed by atoms with Gasteiger partial charge in [0, 0.05) is 4.47 Å². The number of rotatable bonds is 3. The SMILES string of the molecule is CC(C)C(C#N)C(=O)Nc1ccccc1Br. The lowest BCUT2D eigenvalue weighted by Gasteiger charge is -2.13. The van der Waals surface area contributed by atoms with Gasteiger partial charge in [-0.05, 0) is 34.0 Å². The van der Waals surface area contributed by atoms with Crippen molar-refractivity contribution in [2.75, 3.05) is 5.32 Å². The summed E-state index contributed by atoms with van der Waals surface area (Å²) < 4.78 is 0.809. The molecule has 0 saturated heterocycles. The fourth-order valence-corrected chi connectivity index (χ4v) is 1.67. The van der Waals surface area contributed by atoms with Gasteiger partial charge in [-0.2, -0.15) is 5.26 Å². The maximum atomic E-state index is 11.8. The Morgan fingerprint density at radius 2 is 2.06 bits per heavy atom. The van der Waals surface area contributed by atoms with Crippen molar-refractivity contribution in [3.8, 4) is 6.07 Å². The number of nitrogens with zero attached hydrogens (tertiary/aromatic N) is 1. The highest BCUT2D eigenvalue weighted by Gasteiger charge is 2.21. The van der Waals surface area contributed by atoms with Gasteiger partial charge in [0.1, 0.15) is 5.92 Å². The number of nitrogens with one attached hydrogen (secondary N) is 1. The lowest BCUT2D eigenvalue weighted by atomic mass is 9.96. The fraction of sp³-hybridized carbons (Fsp3) is 0.333. The molecule has 1 rings (SSSR count). The van der Waals surface area contributed by atoms with Crippen LogP contribution in [0.1, 0.15) is 13.8 Å². The molecule has 0 bridgehead atoms. The van der Waals surface area contributed by atoms with E-state index in [1.807, 2.05) is 38.1 Å². The van der Waals surface area contributed by atoms with Crippen LogP contribution in [0.25, 0.3) is 0 Å². The molecule has 1 unspecified atom stereocenters. The van der Waals surface area contributed by atoms with Crippen LogP contribution in [-0.2, 0) is 4.79 Å². The number of hydrogen-bond donors (Lipinski definition) is 1. The van der Waals surface area contributed by atoms with Gasteiger partial charge in [0.05, 0.1) is 11.8 Å². The molecule has 0 aromatic heterocycles. The van der Waals surface area contributed by atoms with Crippen molar-refractivity contribution >= 4 is 27.5 Å². The summed E-state index contributed by atoms with van der Waals surface area (Å²) in [5, 5.41) is 11.6. The van der Waals surface area contributed by atoms with Gasteiger partial charge in [-0.3, -0.25) is 4.79 Å². The molecule has 3 nitrogen and oxygen atoms in total. The Morgan fingerprint density at radius 1 is 1.44 bits per heavy atom. The molecule has 0 saturated carbocycles. The second-order valence-corrected chi connectivity index (χ2v) is 4.67. The first kappa shape index (κ1) is 12.7. The minimum atomic E-state index is -0.618. The Hall–Kier alpha value is -1.34. The highest BCUT2D eigenvalue weighted by molar-refractivity contribution is 9.10. The quantitative estimate of drug-likeness (QED) is 0.925. The van der Waals surface area contributed by atoms with Gasteiger partial charge >= 0.3 is 0 Å². The van der Waals surface area contributed by atoms with E-state index < -0.39 is 5.92 Å². The first-order valence-corrected chi connectivity index (χ1v) is 5.80. The average Bonchev–Trinajstić information content (AvgIpc) is 2.22. The molecule has 0 aliphatic rings. The van der Waals surface area contributed by atoms with Crippen molar-refractivity contribution in [2.24, 2.45) is 11.8 Å². The Bertz CT molecular complexity index is 423. The van der Waals surface area contributed by atoms with E-state index in [2.05, 4.69) is 21.2 Å². The Kier molecular flexibility index (Phi) is 4.51. The standard InChI is InChI=1S/C12H13BrN2O/c1-8(2)9(7-14)12(16)15-11-6-4-3-5-10(11)13/h3-6,8-9H,1-2H3,(H,15,16). The van der Waals surface area contributed by atoms with Crippen molar-refractivity contribution in [3.05, 3.63) is 28.7 Å². The van der Waals surface area contributed by atoms with Crippen molar-refractivity contribution in [1.82, 2.24) is 0 Å². The van der Waals surface area contributed by atoms with E-state index in [9.17, 15) is 4.79 Å². The molecular formula is C12H13BrN2O. The predicted octanol–water partition coefficient (Wildman–Crippen LogP) is 3.18. The summed E-state index contributed by atoms with van der Waals surface area (Å²) in [7, 11) is 0. The molecule has 0 heterocycles. The van der Waals surface area contributed by atoms with E-state index in [4.69, 9.17) is 5.26 Å². The van der Waals surface area contributed by atoms with Crippen LogP contribution in [0.5, 0.6) is 0 Å². The summed E-state index contributed by atoms with van der Waals surface area (Å²) in [6.45, 7) is 3.71. The number of para-hydroxylation sites is 1. The predicted molar refractivity (Wildman–Crippen MR) is 66.7 cm³/mol. The lowest BCUT2D eigenvalue weighted by molar-refractivity contribution is -0.119. The number of carbonyl (C=O) groups is 1. The summed E-state index contributed by atoms with van der Waals surface area (Å²) in [4.78, 5) is 11.8. The summed E-state index contributed by atoms with van der Waals surface area (Å²) in [6, 6.07) is 9.34. The van der Waals surface area contributed by atoms with Crippen LogP contribution < -0.4 is 5.32 Å². The van der Waals surface area contributed by atoms with E-state index in [0.29, 0.717) is 5.69 Å². The fourth-order valence-electron chi connectivity index (χ4n) is 1.28. The molecule has 0 spiro atoms. The van der Waals surface area contributed by atoms with E-state index in [0.717, 1.165) is 4.47 Å². The summed E-state index contributed by atoms with van der Waals surface area (Å²) in [6.07, 6.45) is 0. The third kappa shape index (κ3) is 3.07. The second-order valence-electron chi connectivity index (χ2n) is 3.82. The van der Waals surface area contributed by atoms with Gasteiger partial charge in [0.15, 0.2) is 0 Å². The van der Waals surface area contributed by atoms with Crippen LogP contribution in [0.2, 0.25) is 0 Å². The van der Waals surface area contributed by atoms with Crippen LogP contribution in [0, 0.1) is 23.2 Å². The van der Waals surface area contributed by atoms with E-state index in [1.54, 1.807) is 6.07 Å². The third-order valence-electron chi connectivity index (χ3n) is 2.22. The molecule has 1 amide bonds. The number of hydrogen-bond acceptors (Lipinski definition) is 2.